The molecular formula is C15H22N4. The highest BCUT2D eigenvalue weighted by Crippen LogP contribution is 2.22. The Bertz CT molecular complexity index is 572. The third-order valence-electron chi connectivity index (χ3n) is 3.51. The zero-order valence-corrected chi connectivity index (χ0v) is 12.1. The lowest BCUT2D eigenvalue weighted by atomic mass is 9.96. The van der Waals surface area contributed by atoms with E-state index < -0.39 is 0 Å². The molecule has 0 saturated heterocycles. The quantitative estimate of drug-likeness (QED) is 0.652. The van der Waals surface area contributed by atoms with E-state index in [-0.39, 0.29) is 6.04 Å². The van der Waals surface area contributed by atoms with Gasteiger partial charge in [0.05, 0.1) is 11.7 Å². The topological polar surface area (TPSA) is 55.9 Å². The smallest absolute Gasteiger partial charge is 0.0596 e. The molecule has 2 aromatic rings. The van der Waals surface area contributed by atoms with Gasteiger partial charge in [-0.1, -0.05) is 23.8 Å². The molecule has 0 amide bonds. The van der Waals surface area contributed by atoms with Crippen LogP contribution < -0.4 is 11.3 Å². The molecule has 1 heterocycles. The van der Waals surface area contributed by atoms with Crippen LogP contribution in [0.25, 0.3) is 0 Å². The van der Waals surface area contributed by atoms with Crippen LogP contribution in [0.15, 0.2) is 24.3 Å². The number of nitrogens with two attached hydrogens (primary N) is 1. The second-order valence-electron chi connectivity index (χ2n) is 5.18. The number of nitrogens with one attached hydrogen (secondary N) is 1. The molecule has 1 aromatic carbocycles. The van der Waals surface area contributed by atoms with Crippen molar-refractivity contribution in [2.24, 2.45) is 12.9 Å². The van der Waals surface area contributed by atoms with Crippen LogP contribution in [-0.2, 0) is 13.5 Å². The molecule has 1 unspecified atom stereocenters. The van der Waals surface area contributed by atoms with Crippen molar-refractivity contribution in [1.29, 1.82) is 0 Å². The highest BCUT2D eigenvalue weighted by molar-refractivity contribution is 5.33. The van der Waals surface area contributed by atoms with Gasteiger partial charge >= 0.3 is 0 Å². The van der Waals surface area contributed by atoms with Gasteiger partial charge in [0.25, 0.3) is 0 Å². The normalized spacial score (nSPS) is 12.7. The van der Waals surface area contributed by atoms with Crippen molar-refractivity contribution in [2.45, 2.75) is 33.2 Å². The van der Waals surface area contributed by atoms with Gasteiger partial charge in [-0.25, -0.2) is 0 Å². The summed E-state index contributed by atoms with van der Waals surface area (Å²) in [5.41, 5.74) is 8.92. The third-order valence-corrected chi connectivity index (χ3v) is 3.51. The summed E-state index contributed by atoms with van der Waals surface area (Å²) >= 11 is 0. The van der Waals surface area contributed by atoms with Crippen LogP contribution in [0, 0.1) is 20.8 Å². The van der Waals surface area contributed by atoms with Gasteiger partial charge in [-0.2, -0.15) is 5.10 Å². The Morgan fingerprint density at radius 2 is 2.00 bits per heavy atom. The highest BCUT2D eigenvalue weighted by Gasteiger charge is 2.15. The summed E-state index contributed by atoms with van der Waals surface area (Å²) in [7, 11) is 1.97. The van der Waals surface area contributed by atoms with Crippen molar-refractivity contribution in [3.05, 3.63) is 52.3 Å². The first-order chi connectivity index (χ1) is 9.01. The van der Waals surface area contributed by atoms with E-state index in [0.29, 0.717) is 0 Å². The first kappa shape index (κ1) is 13.8. The molecule has 102 valence electrons. The number of rotatable bonds is 4. The maximum absolute atomic E-state index is 5.74. The Labute approximate surface area is 114 Å². The summed E-state index contributed by atoms with van der Waals surface area (Å²) < 4.78 is 1.92. The number of aromatic nitrogens is 2. The lowest BCUT2D eigenvalue weighted by molar-refractivity contribution is 0.528. The standard InChI is InChI=1S/C15H22N4/c1-10-5-6-14(11(2)7-10)15(17-16)9-13-8-12(3)18-19(13)4/h5-8,15,17H,9,16H2,1-4H3. The number of hydrogen-bond donors (Lipinski definition) is 2. The minimum atomic E-state index is 0.107. The molecule has 0 fully saturated rings. The molecule has 3 N–H and O–H groups in total. The fraction of sp³-hybridized carbons (Fsp3) is 0.400. The van der Waals surface area contributed by atoms with E-state index in [0.717, 1.165) is 12.1 Å². The third kappa shape index (κ3) is 3.03. The number of aryl methyl sites for hydroxylation is 4. The molecule has 1 aromatic heterocycles. The van der Waals surface area contributed by atoms with Crippen molar-refractivity contribution >= 4 is 0 Å². The predicted octanol–water partition coefficient (Wildman–Crippen LogP) is 2.09. The average molecular weight is 258 g/mol. The van der Waals surface area contributed by atoms with Gasteiger partial charge in [0.2, 0.25) is 0 Å². The number of nitrogens with zero attached hydrogens (tertiary/aromatic N) is 2. The Hall–Kier alpha value is -1.65. The van der Waals surface area contributed by atoms with Gasteiger partial charge in [-0.05, 0) is 38.0 Å². The summed E-state index contributed by atoms with van der Waals surface area (Å²) in [4.78, 5) is 0. The van der Waals surface area contributed by atoms with Gasteiger partial charge in [-0.15, -0.1) is 0 Å². The molecule has 0 aliphatic carbocycles. The molecule has 0 saturated carbocycles. The average Bonchev–Trinajstić information content (AvgIpc) is 2.65. The number of hydrogen-bond acceptors (Lipinski definition) is 3. The molecule has 0 spiro atoms. The van der Waals surface area contributed by atoms with E-state index in [9.17, 15) is 0 Å². The van der Waals surface area contributed by atoms with E-state index >= 15 is 0 Å². The van der Waals surface area contributed by atoms with Gasteiger partial charge in [-0.3, -0.25) is 16.0 Å². The first-order valence-electron chi connectivity index (χ1n) is 6.54. The van der Waals surface area contributed by atoms with E-state index in [2.05, 4.69) is 48.6 Å². The molecule has 0 bridgehead atoms. The number of hydrazine groups is 1. The maximum atomic E-state index is 5.74. The fourth-order valence-electron chi connectivity index (χ4n) is 2.54. The zero-order chi connectivity index (χ0) is 14.0. The Morgan fingerprint density at radius 1 is 1.26 bits per heavy atom. The van der Waals surface area contributed by atoms with Crippen molar-refractivity contribution in [3.8, 4) is 0 Å². The van der Waals surface area contributed by atoms with E-state index in [1.54, 1.807) is 0 Å². The lowest BCUT2D eigenvalue weighted by Crippen LogP contribution is -2.30. The van der Waals surface area contributed by atoms with E-state index in [1.165, 1.54) is 22.4 Å². The minimum Gasteiger partial charge on any atom is -0.272 e. The van der Waals surface area contributed by atoms with Crippen LogP contribution in [0.3, 0.4) is 0 Å². The summed E-state index contributed by atoms with van der Waals surface area (Å²) in [6.07, 6.45) is 0.831. The van der Waals surface area contributed by atoms with Crippen molar-refractivity contribution in [1.82, 2.24) is 15.2 Å². The van der Waals surface area contributed by atoms with Crippen LogP contribution in [0.5, 0.6) is 0 Å². The van der Waals surface area contributed by atoms with E-state index in [4.69, 9.17) is 5.84 Å². The molecule has 2 rings (SSSR count). The van der Waals surface area contributed by atoms with Crippen LogP contribution in [0.4, 0.5) is 0 Å². The van der Waals surface area contributed by atoms with E-state index in [1.807, 2.05) is 18.7 Å². The summed E-state index contributed by atoms with van der Waals surface area (Å²) in [6.45, 7) is 6.23. The van der Waals surface area contributed by atoms with Crippen LogP contribution >= 0.6 is 0 Å². The van der Waals surface area contributed by atoms with Crippen LogP contribution in [0.1, 0.15) is 34.1 Å². The summed E-state index contributed by atoms with van der Waals surface area (Å²) in [5, 5.41) is 4.38. The van der Waals surface area contributed by atoms with Crippen molar-refractivity contribution in [3.63, 3.8) is 0 Å². The molecule has 0 aliphatic rings. The molecule has 0 aliphatic heterocycles. The van der Waals surface area contributed by atoms with Gasteiger partial charge < -0.3 is 0 Å². The first-order valence-corrected chi connectivity index (χ1v) is 6.54. The molecule has 0 radical (unpaired) electrons. The monoisotopic (exact) mass is 258 g/mol. The molecule has 1 atom stereocenters. The molecule has 19 heavy (non-hydrogen) atoms. The predicted molar refractivity (Wildman–Crippen MR) is 77.6 cm³/mol. The second kappa shape index (κ2) is 5.55. The zero-order valence-electron chi connectivity index (χ0n) is 12.1. The summed E-state index contributed by atoms with van der Waals surface area (Å²) in [5.74, 6) is 5.74. The van der Waals surface area contributed by atoms with Crippen molar-refractivity contribution < 1.29 is 0 Å². The number of benzene rings is 1. The molecule has 4 nitrogen and oxygen atoms in total. The van der Waals surface area contributed by atoms with Crippen LogP contribution in [-0.4, -0.2) is 9.78 Å². The largest absolute Gasteiger partial charge is 0.272 e. The second-order valence-corrected chi connectivity index (χ2v) is 5.18. The fourth-order valence-corrected chi connectivity index (χ4v) is 2.54. The minimum absolute atomic E-state index is 0.107. The Balaban J connectivity index is 2.27. The van der Waals surface area contributed by atoms with Crippen molar-refractivity contribution in [2.75, 3.05) is 0 Å². The van der Waals surface area contributed by atoms with Gasteiger partial charge in [0.1, 0.15) is 0 Å². The van der Waals surface area contributed by atoms with Crippen LogP contribution in [0.2, 0.25) is 0 Å². The lowest BCUT2D eigenvalue weighted by Gasteiger charge is -2.19. The Kier molecular flexibility index (Phi) is 4.02. The maximum Gasteiger partial charge on any atom is 0.0596 e. The highest BCUT2D eigenvalue weighted by atomic mass is 15.3. The van der Waals surface area contributed by atoms with Gasteiger partial charge in [0.15, 0.2) is 0 Å². The Morgan fingerprint density at radius 3 is 2.53 bits per heavy atom. The van der Waals surface area contributed by atoms with Gasteiger partial charge in [0, 0.05) is 19.2 Å². The molecular weight excluding hydrogens is 236 g/mol. The summed E-state index contributed by atoms with van der Waals surface area (Å²) in [6, 6.07) is 8.68. The molecule has 4 heteroatoms. The SMILES string of the molecule is Cc1ccc(C(Cc2cc(C)nn2C)NN)c(C)c1.